The summed E-state index contributed by atoms with van der Waals surface area (Å²) in [5.74, 6) is 0.468. The van der Waals surface area contributed by atoms with E-state index in [-0.39, 0.29) is 5.82 Å². The summed E-state index contributed by atoms with van der Waals surface area (Å²) in [6.07, 6.45) is 0. The molecule has 16 heavy (non-hydrogen) atoms. The van der Waals surface area contributed by atoms with Gasteiger partial charge in [0.25, 0.3) is 0 Å². The molecule has 1 rings (SSSR count). The molecule has 3 heteroatoms. The SMILES string of the molecule is C=C(CNCC)COc1ccc(F)cc1C. The lowest BCUT2D eigenvalue weighted by atomic mass is 10.2. The molecule has 0 aliphatic rings. The Labute approximate surface area is 96.1 Å². The molecule has 0 fully saturated rings. The second kappa shape index (κ2) is 6.28. The van der Waals surface area contributed by atoms with Crippen molar-refractivity contribution >= 4 is 0 Å². The van der Waals surface area contributed by atoms with Gasteiger partial charge in [-0.2, -0.15) is 0 Å². The molecule has 0 unspecified atom stereocenters. The number of hydrogen-bond donors (Lipinski definition) is 1. The van der Waals surface area contributed by atoms with Crippen LogP contribution in [0.25, 0.3) is 0 Å². The first-order valence-corrected chi connectivity index (χ1v) is 5.39. The summed E-state index contributed by atoms with van der Waals surface area (Å²) < 4.78 is 18.4. The van der Waals surface area contributed by atoms with Gasteiger partial charge in [0.15, 0.2) is 0 Å². The third-order valence-corrected chi connectivity index (χ3v) is 2.19. The molecule has 0 aliphatic carbocycles. The molecule has 0 spiro atoms. The van der Waals surface area contributed by atoms with Crippen LogP contribution in [0, 0.1) is 12.7 Å². The number of halogens is 1. The third kappa shape index (κ3) is 4.03. The summed E-state index contributed by atoms with van der Waals surface area (Å²) in [4.78, 5) is 0. The highest BCUT2D eigenvalue weighted by atomic mass is 19.1. The van der Waals surface area contributed by atoms with Crippen LogP contribution in [0.3, 0.4) is 0 Å². The zero-order valence-corrected chi connectivity index (χ0v) is 9.85. The van der Waals surface area contributed by atoms with Gasteiger partial charge in [-0.3, -0.25) is 0 Å². The van der Waals surface area contributed by atoms with Crippen LogP contribution >= 0.6 is 0 Å². The molecule has 0 aliphatic heterocycles. The molecule has 0 bridgehead atoms. The molecule has 88 valence electrons. The Hall–Kier alpha value is -1.35. The Morgan fingerprint density at radius 2 is 2.25 bits per heavy atom. The number of rotatable bonds is 6. The van der Waals surface area contributed by atoms with E-state index in [4.69, 9.17) is 4.74 Å². The molecule has 0 saturated carbocycles. The summed E-state index contributed by atoms with van der Waals surface area (Å²) in [5.41, 5.74) is 1.78. The number of aryl methyl sites for hydroxylation is 1. The fourth-order valence-corrected chi connectivity index (χ4v) is 1.31. The highest BCUT2D eigenvalue weighted by molar-refractivity contribution is 5.32. The monoisotopic (exact) mass is 223 g/mol. The van der Waals surface area contributed by atoms with Crippen molar-refractivity contribution in [2.75, 3.05) is 19.7 Å². The second-order valence-corrected chi connectivity index (χ2v) is 3.73. The molecule has 0 aromatic heterocycles. The lowest BCUT2D eigenvalue weighted by Crippen LogP contribution is -2.18. The van der Waals surface area contributed by atoms with E-state index in [1.165, 1.54) is 12.1 Å². The Morgan fingerprint density at radius 3 is 2.88 bits per heavy atom. The van der Waals surface area contributed by atoms with Gasteiger partial charge < -0.3 is 10.1 Å². The number of ether oxygens (including phenoxy) is 1. The lowest BCUT2D eigenvalue weighted by Gasteiger charge is -2.11. The van der Waals surface area contributed by atoms with E-state index in [0.29, 0.717) is 12.4 Å². The molecule has 2 nitrogen and oxygen atoms in total. The number of nitrogens with one attached hydrogen (secondary N) is 1. The van der Waals surface area contributed by atoms with Gasteiger partial charge in [0, 0.05) is 6.54 Å². The highest BCUT2D eigenvalue weighted by Gasteiger charge is 2.01. The zero-order valence-electron chi connectivity index (χ0n) is 9.85. The maximum atomic E-state index is 12.8. The van der Waals surface area contributed by atoms with Crippen LogP contribution in [0.1, 0.15) is 12.5 Å². The van der Waals surface area contributed by atoms with Crippen molar-refractivity contribution in [1.29, 1.82) is 0 Å². The first kappa shape index (κ1) is 12.7. The van der Waals surface area contributed by atoms with Gasteiger partial charge >= 0.3 is 0 Å². The van der Waals surface area contributed by atoms with Crippen LogP contribution in [0.5, 0.6) is 5.75 Å². The molecule has 0 radical (unpaired) electrons. The van der Waals surface area contributed by atoms with Crippen LogP contribution in [0.2, 0.25) is 0 Å². The smallest absolute Gasteiger partial charge is 0.123 e. The minimum Gasteiger partial charge on any atom is -0.489 e. The van der Waals surface area contributed by atoms with Crippen molar-refractivity contribution in [1.82, 2.24) is 5.32 Å². The van der Waals surface area contributed by atoms with E-state index in [0.717, 1.165) is 24.2 Å². The van der Waals surface area contributed by atoms with Crippen molar-refractivity contribution in [3.8, 4) is 5.75 Å². The van der Waals surface area contributed by atoms with Crippen LogP contribution in [-0.2, 0) is 0 Å². The number of hydrogen-bond acceptors (Lipinski definition) is 2. The topological polar surface area (TPSA) is 21.3 Å². The summed E-state index contributed by atoms with van der Waals surface area (Å²) in [6.45, 7) is 9.87. The van der Waals surface area contributed by atoms with E-state index in [9.17, 15) is 4.39 Å². The summed E-state index contributed by atoms with van der Waals surface area (Å²) >= 11 is 0. The molecule has 1 aromatic carbocycles. The minimum atomic E-state index is -0.240. The van der Waals surface area contributed by atoms with Crippen LogP contribution in [-0.4, -0.2) is 19.7 Å². The molecular weight excluding hydrogens is 205 g/mol. The quantitative estimate of drug-likeness (QED) is 0.749. The first-order chi connectivity index (χ1) is 7.63. The van der Waals surface area contributed by atoms with E-state index in [2.05, 4.69) is 11.9 Å². The fourth-order valence-electron chi connectivity index (χ4n) is 1.31. The van der Waals surface area contributed by atoms with Crippen molar-refractivity contribution in [3.63, 3.8) is 0 Å². The largest absolute Gasteiger partial charge is 0.489 e. The molecule has 1 aromatic rings. The minimum absolute atomic E-state index is 0.240. The van der Waals surface area contributed by atoms with Gasteiger partial charge in [0.05, 0.1) is 0 Å². The van der Waals surface area contributed by atoms with Crippen molar-refractivity contribution in [2.24, 2.45) is 0 Å². The Morgan fingerprint density at radius 1 is 1.50 bits per heavy atom. The fraction of sp³-hybridized carbons (Fsp3) is 0.385. The molecule has 0 atom stereocenters. The van der Waals surface area contributed by atoms with E-state index < -0.39 is 0 Å². The maximum absolute atomic E-state index is 12.8. The van der Waals surface area contributed by atoms with E-state index in [1.807, 2.05) is 13.8 Å². The summed E-state index contributed by atoms with van der Waals surface area (Å²) in [6, 6.07) is 4.50. The predicted molar refractivity (Wildman–Crippen MR) is 64.3 cm³/mol. The normalized spacial score (nSPS) is 10.2. The van der Waals surface area contributed by atoms with Gasteiger partial charge in [0.1, 0.15) is 18.2 Å². The average Bonchev–Trinajstić information content (AvgIpc) is 2.25. The van der Waals surface area contributed by atoms with Gasteiger partial charge in [-0.25, -0.2) is 4.39 Å². The van der Waals surface area contributed by atoms with Crippen LogP contribution < -0.4 is 10.1 Å². The van der Waals surface area contributed by atoms with Gasteiger partial charge in [-0.15, -0.1) is 0 Å². The van der Waals surface area contributed by atoms with Crippen molar-refractivity contribution in [2.45, 2.75) is 13.8 Å². The van der Waals surface area contributed by atoms with E-state index in [1.54, 1.807) is 6.07 Å². The standard InChI is InChI=1S/C13H18FNO/c1-4-15-8-10(2)9-16-13-6-5-12(14)7-11(13)3/h5-7,15H,2,4,8-9H2,1,3H3. The predicted octanol–water partition coefficient (Wildman–Crippen LogP) is 2.68. The Balaban J connectivity index is 2.45. The van der Waals surface area contributed by atoms with Crippen LogP contribution in [0.15, 0.2) is 30.4 Å². The number of likely N-dealkylation sites (N-methyl/N-ethyl adjacent to an activating group) is 1. The Kier molecular flexibility index (Phi) is 4.99. The molecule has 0 heterocycles. The van der Waals surface area contributed by atoms with Crippen molar-refractivity contribution in [3.05, 3.63) is 41.7 Å². The molecule has 1 N–H and O–H groups in total. The van der Waals surface area contributed by atoms with Gasteiger partial charge in [0.2, 0.25) is 0 Å². The maximum Gasteiger partial charge on any atom is 0.123 e. The first-order valence-electron chi connectivity index (χ1n) is 5.39. The molecular formula is C13H18FNO. The van der Waals surface area contributed by atoms with Gasteiger partial charge in [-0.1, -0.05) is 13.5 Å². The van der Waals surface area contributed by atoms with Gasteiger partial charge in [-0.05, 0) is 42.8 Å². The second-order valence-electron chi connectivity index (χ2n) is 3.73. The zero-order chi connectivity index (χ0) is 12.0. The summed E-state index contributed by atoms with van der Waals surface area (Å²) in [5, 5.41) is 3.17. The number of benzene rings is 1. The molecule has 0 saturated heterocycles. The lowest BCUT2D eigenvalue weighted by molar-refractivity contribution is 0.345. The van der Waals surface area contributed by atoms with Crippen molar-refractivity contribution < 1.29 is 9.13 Å². The Bertz CT molecular complexity index is 363. The summed E-state index contributed by atoms with van der Waals surface area (Å²) in [7, 11) is 0. The average molecular weight is 223 g/mol. The van der Waals surface area contributed by atoms with E-state index >= 15 is 0 Å². The third-order valence-electron chi connectivity index (χ3n) is 2.19. The molecule has 0 amide bonds. The van der Waals surface area contributed by atoms with Crippen LogP contribution in [0.4, 0.5) is 4.39 Å². The highest BCUT2D eigenvalue weighted by Crippen LogP contribution is 2.18.